The SMILES string of the molecule is CCCCOc1nn(Cc2ccc(C(F)(F)F)cc2Cl)cc1C. The van der Waals surface area contributed by atoms with Crippen molar-refractivity contribution in [1.82, 2.24) is 9.78 Å². The highest BCUT2D eigenvalue weighted by Crippen LogP contribution is 2.32. The molecule has 0 N–H and O–H groups in total. The minimum absolute atomic E-state index is 0.0708. The zero-order valence-electron chi connectivity index (χ0n) is 13.0. The number of hydrogen-bond donors (Lipinski definition) is 0. The number of benzene rings is 1. The fourth-order valence-corrected chi connectivity index (χ4v) is 2.31. The lowest BCUT2D eigenvalue weighted by Crippen LogP contribution is -2.07. The van der Waals surface area contributed by atoms with Gasteiger partial charge in [0.25, 0.3) is 0 Å². The molecule has 0 saturated carbocycles. The lowest BCUT2D eigenvalue weighted by molar-refractivity contribution is -0.137. The van der Waals surface area contributed by atoms with Crippen LogP contribution in [-0.4, -0.2) is 16.4 Å². The maximum atomic E-state index is 12.6. The fraction of sp³-hybridized carbons (Fsp3) is 0.438. The number of hydrogen-bond acceptors (Lipinski definition) is 2. The summed E-state index contributed by atoms with van der Waals surface area (Å²) in [7, 11) is 0. The van der Waals surface area contributed by atoms with Crippen molar-refractivity contribution in [3.63, 3.8) is 0 Å². The minimum Gasteiger partial charge on any atom is -0.476 e. The lowest BCUT2D eigenvalue weighted by atomic mass is 10.1. The van der Waals surface area contributed by atoms with Crippen LogP contribution in [0.25, 0.3) is 0 Å². The van der Waals surface area contributed by atoms with Crippen molar-refractivity contribution in [1.29, 1.82) is 0 Å². The van der Waals surface area contributed by atoms with Crippen molar-refractivity contribution in [3.8, 4) is 5.88 Å². The quantitative estimate of drug-likeness (QED) is 0.681. The summed E-state index contributed by atoms with van der Waals surface area (Å²) in [6.45, 7) is 4.82. The van der Waals surface area contributed by atoms with Gasteiger partial charge in [0, 0.05) is 16.8 Å². The van der Waals surface area contributed by atoms with E-state index in [0.717, 1.165) is 30.5 Å². The van der Waals surface area contributed by atoms with Gasteiger partial charge in [-0.1, -0.05) is 31.0 Å². The smallest absolute Gasteiger partial charge is 0.416 e. The third kappa shape index (κ3) is 4.64. The van der Waals surface area contributed by atoms with Gasteiger partial charge in [0.2, 0.25) is 5.88 Å². The molecule has 0 aliphatic carbocycles. The van der Waals surface area contributed by atoms with Crippen molar-refractivity contribution in [3.05, 3.63) is 46.1 Å². The number of nitrogens with zero attached hydrogens (tertiary/aromatic N) is 2. The highest BCUT2D eigenvalue weighted by atomic mass is 35.5. The summed E-state index contributed by atoms with van der Waals surface area (Å²) in [5.74, 6) is 0.543. The number of aryl methyl sites for hydroxylation is 1. The molecule has 3 nitrogen and oxygen atoms in total. The monoisotopic (exact) mass is 346 g/mol. The summed E-state index contributed by atoms with van der Waals surface area (Å²) in [4.78, 5) is 0. The topological polar surface area (TPSA) is 27.1 Å². The predicted molar refractivity (Wildman–Crippen MR) is 82.9 cm³/mol. The molecule has 7 heteroatoms. The number of rotatable bonds is 6. The first-order chi connectivity index (χ1) is 10.8. The van der Waals surface area contributed by atoms with Gasteiger partial charge in [-0.15, -0.1) is 5.10 Å². The molecule has 1 heterocycles. The third-order valence-corrected chi connectivity index (χ3v) is 3.70. The summed E-state index contributed by atoms with van der Waals surface area (Å²) in [5.41, 5.74) is 0.692. The molecule has 0 spiro atoms. The van der Waals surface area contributed by atoms with E-state index in [1.165, 1.54) is 6.07 Å². The standard InChI is InChI=1S/C16H18ClF3N2O/c1-3-4-7-23-15-11(2)9-22(21-15)10-12-5-6-13(8-14(12)17)16(18,19)20/h5-6,8-9H,3-4,7,10H2,1-2H3. The Bertz CT molecular complexity index is 668. The molecule has 23 heavy (non-hydrogen) atoms. The van der Waals surface area contributed by atoms with Crippen LogP contribution in [0.5, 0.6) is 5.88 Å². The Labute approximate surface area is 138 Å². The van der Waals surface area contributed by atoms with Gasteiger partial charge < -0.3 is 4.74 Å². The van der Waals surface area contributed by atoms with Crippen LogP contribution in [0.4, 0.5) is 13.2 Å². The van der Waals surface area contributed by atoms with Crippen molar-refractivity contribution in [2.24, 2.45) is 0 Å². The first-order valence-corrected chi connectivity index (χ1v) is 7.71. The van der Waals surface area contributed by atoms with Crippen molar-refractivity contribution < 1.29 is 17.9 Å². The Morgan fingerprint density at radius 1 is 1.30 bits per heavy atom. The Balaban J connectivity index is 2.12. The number of alkyl halides is 3. The van der Waals surface area contributed by atoms with Gasteiger partial charge in [0.05, 0.1) is 18.7 Å². The molecule has 0 saturated heterocycles. The number of unbranched alkanes of at least 4 members (excludes halogenated alkanes) is 1. The average molecular weight is 347 g/mol. The molecule has 0 aliphatic rings. The van der Waals surface area contributed by atoms with Gasteiger partial charge in [0.15, 0.2) is 0 Å². The summed E-state index contributed by atoms with van der Waals surface area (Å²) >= 11 is 5.96. The second kappa shape index (κ2) is 7.25. The predicted octanol–water partition coefficient (Wildman–Crippen LogP) is 5.09. The summed E-state index contributed by atoms with van der Waals surface area (Å²) < 4.78 is 45.1. The van der Waals surface area contributed by atoms with Gasteiger partial charge >= 0.3 is 6.18 Å². The average Bonchev–Trinajstić information content (AvgIpc) is 2.80. The molecule has 0 unspecified atom stereocenters. The van der Waals surface area contributed by atoms with Crippen LogP contribution in [0.15, 0.2) is 24.4 Å². The van der Waals surface area contributed by atoms with Gasteiger partial charge in [-0.25, -0.2) is 0 Å². The maximum Gasteiger partial charge on any atom is 0.416 e. The first kappa shape index (κ1) is 17.7. The Morgan fingerprint density at radius 3 is 2.65 bits per heavy atom. The highest BCUT2D eigenvalue weighted by molar-refractivity contribution is 6.31. The Morgan fingerprint density at radius 2 is 2.04 bits per heavy atom. The molecule has 0 fully saturated rings. The molecule has 0 amide bonds. The fourth-order valence-electron chi connectivity index (χ4n) is 2.07. The minimum atomic E-state index is -4.40. The molecule has 1 aromatic carbocycles. The zero-order chi connectivity index (χ0) is 17.0. The molecule has 0 radical (unpaired) electrons. The van der Waals surface area contributed by atoms with E-state index in [1.54, 1.807) is 10.9 Å². The number of aromatic nitrogens is 2. The zero-order valence-corrected chi connectivity index (χ0v) is 13.7. The molecular weight excluding hydrogens is 329 g/mol. The van der Waals surface area contributed by atoms with Crippen LogP contribution in [0.1, 0.15) is 36.5 Å². The van der Waals surface area contributed by atoms with E-state index < -0.39 is 11.7 Å². The molecular formula is C16H18ClF3N2O. The van der Waals surface area contributed by atoms with Crippen molar-refractivity contribution in [2.75, 3.05) is 6.61 Å². The molecule has 0 bridgehead atoms. The molecule has 1 aromatic heterocycles. The second-order valence-corrected chi connectivity index (χ2v) is 5.73. The van der Waals surface area contributed by atoms with Crippen LogP contribution in [-0.2, 0) is 12.7 Å². The normalized spacial score (nSPS) is 11.7. The lowest BCUT2D eigenvalue weighted by Gasteiger charge is -2.10. The van der Waals surface area contributed by atoms with Crippen LogP contribution >= 0.6 is 11.6 Å². The first-order valence-electron chi connectivity index (χ1n) is 7.33. The summed E-state index contributed by atoms with van der Waals surface area (Å²) in [5, 5.41) is 4.37. The molecule has 126 valence electrons. The van der Waals surface area contributed by atoms with Crippen molar-refractivity contribution >= 4 is 11.6 Å². The van der Waals surface area contributed by atoms with Crippen LogP contribution in [0.3, 0.4) is 0 Å². The number of ether oxygens (including phenoxy) is 1. The van der Waals surface area contributed by atoms with E-state index >= 15 is 0 Å². The largest absolute Gasteiger partial charge is 0.476 e. The molecule has 0 atom stereocenters. The van der Waals surface area contributed by atoms with Crippen LogP contribution < -0.4 is 4.74 Å². The van der Waals surface area contributed by atoms with Gasteiger partial charge in [-0.05, 0) is 31.0 Å². The van der Waals surface area contributed by atoms with Gasteiger partial charge in [0.1, 0.15) is 0 Å². The third-order valence-electron chi connectivity index (χ3n) is 3.35. The van der Waals surface area contributed by atoms with Gasteiger partial charge in [-0.3, -0.25) is 4.68 Å². The Hall–Kier alpha value is -1.69. The van der Waals surface area contributed by atoms with E-state index in [0.29, 0.717) is 18.1 Å². The van der Waals surface area contributed by atoms with Gasteiger partial charge in [-0.2, -0.15) is 13.2 Å². The molecule has 2 rings (SSSR count). The number of halogens is 4. The summed E-state index contributed by atoms with van der Waals surface area (Å²) in [6.07, 6.45) is -0.641. The van der Waals surface area contributed by atoms with Crippen LogP contribution in [0, 0.1) is 6.92 Å². The van der Waals surface area contributed by atoms with Crippen LogP contribution in [0.2, 0.25) is 5.02 Å². The van der Waals surface area contributed by atoms with E-state index in [9.17, 15) is 13.2 Å². The van der Waals surface area contributed by atoms with E-state index in [4.69, 9.17) is 16.3 Å². The molecule has 2 aromatic rings. The van der Waals surface area contributed by atoms with E-state index in [2.05, 4.69) is 12.0 Å². The Kier molecular flexibility index (Phi) is 5.57. The summed E-state index contributed by atoms with van der Waals surface area (Å²) in [6, 6.07) is 3.34. The van der Waals surface area contributed by atoms with E-state index in [1.807, 2.05) is 6.92 Å². The van der Waals surface area contributed by atoms with E-state index in [-0.39, 0.29) is 11.6 Å². The van der Waals surface area contributed by atoms with Crippen molar-refractivity contribution in [2.45, 2.75) is 39.4 Å². The maximum absolute atomic E-state index is 12.6. The highest BCUT2D eigenvalue weighted by Gasteiger charge is 2.30. The molecule has 0 aliphatic heterocycles. The second-order valence-electron chi connectivity index (χ2n) is 5.32.